The van der Waals surface area contributed by atoms with E-state index in [1.54, 1.807) is 12.4 Å². The molecule has 2 heterocycles. The number of nitrogens with one attached hydrogen (secondary N) is 1. The standard InChI is InChI=1S/C12H17N5/c13-10-8-17-7-6-14-12(17)11(16-10)15-9-4-2-1-3-5-9/h6-9H,1-5,13H2,(H,15,16). The van der Waals surface area contributed by atoms with Gasteiger partial charge in [0.2, 0.25) is 0 Å². The maximum atomic E-state index is 5.79. The first-order valence-corrected chi connectivity index (χ1v) is 6.18. The molecule has 0 unspecified atom stereocenters. The van der Waals surface area contributed by atoms with Crippen LogP contribution < -0.4 is 11.1 Å². The summed E-state index contributed by atoms with van der Waals surface area (Å²) in [5, 5.41) is 3.48. The molecule has 5 nitrogen and oxygen atoms in total. The van der Waals surface area contributed by atoms with Crippen LogP contribution in [-0.2, 0) is 0 Å². The number of nitrogens with two attached hydrogens (primary N) is 1. The van der Waals surface area contributed by atoms with Crippen molar-refractivity contribution in [3.05, 3.63) is 18.6 Å². The highest BCUT2D eigenvalue weighted by Gasteiger charge is 2.15. The molecule has 0 amide bonds. The van der Waals surface area contributed by atoms with E-state index in [4.69, 9.17) is 5.73 Å². The van der Waals surface area contributed by atoms with Gasteiger partial charge in [-0.25, -0.2) is 9.97 Å². The molecule has 0 atom stereocenters. The molecular formula is C12H17N5. The van der Waals surface area contributed by atoms with Crippen LogP contribution in [-0.4, -0.2) is 20.4 Å². The van der Waals surface area contributed by atoms with Gasteiger partial charge in [-0.1, -0.05) is 19.3 Å². The molecule has 3 rings (SSSR count). The number of aromatic nitrogens is 3. The SMILES string of the molecule is Nc1cn2ccnc2c(NC2CCCCC2)n1. The lowest BCUT2D eigenvalue weighted by Crippen LogP contribution is -2.23. The van der Waals surface area contributed by atoms with Crippen LogP contribution in [0.1, 0.15) is 32.1 Å². The maximum Gasteiger partial charge on any atom is 0.180 e. The highest BCUT2D eigenvalue weighted by atomic mass is 15.1. The second-order valence-electron chi connectivity index (χ2n) is 4.65. The summed E-state index contributed by atoms with van der Waals surface area (Å²) in [5.74, 6) is 1.33. The fourth-order valence-corrected chi connectivity index (χ4v) is 2.49. The van der Waals surface area contributed by atoms with Crippen LogP contribution in [0.5, 0.6) is 0 Å². The van der Waals surface area contributed by atoms with Crippen molar-refractivity contribution >= 4 is 17.3 Å². The third-order valence-corrected chi connectivity index (χ3v) is 3.34. The van der Waals surface area contributed by atoms with E-state index in [0.717, 1.165) is 11.5 Å². The van der Waals surface area contributed by atoms with E-state index >= 15 is 0 Å². The van der Waals surface area contributed by atoms with E-state index in [1.165, 1.54) is 32.1 Å². The van der Waals surface area contributed by atoms with Crippen molar-refractivity contribution in [3.63, 3.8) is 0 Å². The molecule has 1 fully saturated rings. The van der Waals surface area contributed by atoms with Crippen LogP contribution in [0.2, 0.25) is 0 Å². The monoisotopic (exact) mass is 231 g/mol. The average molecular weight is 231 g/mol. The van der Waals surface area contributed by atoms with E-state index in [1.807, 2.05) is 10.6 Å². The zero-order valence-corrected chi connectivity index (χ0v) is 9.76. The highest BCUT2D eigenvalue weighted by molar-refractivity contribution is 5.65. The molecule has 5 heteroatoms. The van der Waals surface area contributed by atoms with Crippen LogP contribution in [0.4, 0.5) is 11.6 Å². The van der Waals surface area contributed by atoms with E-state index in [0.29, 0.717) is 11.9 Å². The van der Waals surface area contributed by atoms with Crippen LogP contribution in [0.15, 0.2) is 18.6 Å². The Hall–Kier alpha value is -1.78. The Morgan fingerprint density at radius 2 is 2.12 bits per heavy atom. The smallest absolute Gasteiger partial charge is 0.180 e. The van der Waals surface area contributed by atoms with Crippen molar-refractivity contribution in [2.45, 2.75) is 38.1 Å². The largest absolute Gasteiger partial charge is 0.382 e. The van der Waals surface area contributed by atoms with Gasteiger partial charge in [-0.3, -0.25) is 0 Å². The van der Waals surface area contributed by atoms with Crippen molar-refractivity contribution < 1.29 is 0 Å². The number of anilines is 2. The minimum Gasteiger partial charge on any atom is -0.382 e. The van der Waals surface area contributed by atoms with Crippen molar-refractivity contribution in [1.29, 1.82) is 0 Å². The molecule has 1 aliphatic rings. The number of hydrogen-bond donors (Lipinski definition) is 2. The molecule has 0 spiro atoms. The summed E-state index contributed by atoms with van der Waals surface area (Å²) in [5.41, 5.74) is 6.64. The second kappa shape index (κ2) is 4.24. The summed E-state index contributed by atoms with van der Waals surface area (Å²) < 4.78 is 1.91. The van der Waals surface area contributed by atoms with Crippen LogP contribution in [0, 0.1) is 0 Å². The predicted molar refractivity (Wildman–Crippen MR) is 67.9 cm³/mol. The molecule has 0 aliphatic heterocycles. The molecule has 0 aromatic carbocycles. The van der Waals surface area contributed by atoms with Gasteiger partial charge >= 0.3 is 0 Å². The van der Waals surface area contributed by atoms with Crippen molar-refractivity contribution in [1.82, 2.24) is 14.4 Å². The molecule has 0 saturated heterocycles. The number of fused-ring (bicyclic) bond motifs is 1. The number of nitrogens with zero attached hydrogens (tertiary/aromatic N) is 3. The van der Waals surface area contributed by atoms with Gasteiger partial charge in [-0.05, 0) is 12.8 Å². The molecule has 0 radical (unpaired) electrons. The molecule has 17 heavy (non-hydrogen) atoms. The van der Waals surface area contributed by atoms with Gasteiger partial charge in [0, 0.05) is 18.4 Å². The van der Waals surface area contributed by atoms with Gasteiger partial charge in [0.05, 0.1) is 6.20 Å². The summed E-state index contributed by atoms with van der Waals surface area (Å²) in [4.78, 5) is 8.66. The Labute approximate surface area is 100 Å². The maximum absolute atomic E-state index is 5.79. The Morgan fingerprint density at radius 1 is 1.29 bits per heavy atom. The fourth-order valence-electron chi connectivity index (χ4n) is 2.49. The molecule has 3 N–H and O–H groups in total. The summed E-state index contributed by atoms with van der Waals surface area (Å²) >= 11 is 0. The number of imidazole rings is 1. The van der Waals surface area contributed by atoms with Gasteiger partial charge in [0.25, 0.3) is 0 Å². The van der Waals surface area contributed by atoms with Gasteiger partial charge in [0.15, 0.2) is 11.5 Å². The van der Waals surface area contributed by atoms with Crippen LogP contribution >= 0.6 is 0 Å². The quantitative estimate of drug-likeness (QED) is 0.830. The first-order chi connectivity index (χ1) is 8.33. The van der Waals surface area contributed by atoms with Gasteiger partial charge in [-0.2, -0.15) is 0 Å². The van der Waals surface area contributed by atoms with E-state index in [-0.39, 0.29) is 0 Å². The minimum atomic E-state index is 0.513. The number of rotatable bonds is 2. The molecule has 1 aliphatic carbocycles. The van der Waals surface area contributed by atoms with Crippen LogP contribution in [0.25, 0.3) is 5.65 Å². The fraction of sp³-hybridized carbons (Fsp3) is 0.500. The molecule has 90 valence electrons. The van der Waals surface area contributed by atoms with E-state index < -0.39 is 0 Å². The summed E-state index contributed by atoms with van der Waals surface area (Å²) in [6, 6.07) is 0.513. The third-order valence-electron chi connectivity index (χ3n) is 3.34. The minimum absolute atomic E-state index is 0.513. The summed E-state index contributed by atoms with van der Waals surface area (Å²) in [7, 11) is 0. The Morgan fingerprint density at radius 3 is 2.94 bits per heavy atom. The summed E-state index contributed by atoms with van der Waals surface area (Å²) in [6.07, 6.45) is 11.8. The lowest BCUT2D eigenvalue weighted by Gasteiger charge is -2.23. The topological polar surface area (TPSA) is 68.2 Å². The van der Waals surface area contributed by atoms with Crippen LogP contribution in [0.3, 0.4) is 0 Å². The lowest BCUT2D eigenvalue weighted by atomic mass is 9.95. The normalized spacial score (nSPS) is 17.4. The second-order valence-corrected chi connectivity index (χ2v) is 4.65. The zero-order chi connectivity index (χ0) is 11.7. The zero-order valence-electron chi connectivity index (χ0n) is 9.76. The molecule has 1 saturated carbocycles. The lowest BCUT2D eigenvalue weighted by molar-refractivity contribution is 0.462. The van der Waals surface area contributed by atoms with Crippen molar-refractivity contribution in [3.8, 4) is 0 Å². The highest BCUT2D eigenvalue weighted by Crippen LogP contribution is 2.23. The molecule has 0 bridgehead atoms. The predicted octanol–water partition coefficient (Wildman–Crippen LogP) is 2.06. The Bertz CT molecular complexity index is 513. The number of hydrogen-bond acceptors (Lipinski definition) is 4. The van der Waals surface area contributed by atoms with Gasteiger partial charge < -0.3 is 15.5 Å². The van der Waals surface area contributed by atoms with E-state index in [9.17, 15) is 0 Å². The third kappa shape index (κ3) is 2.05. The Kier molecular flexibility index (Phi) is 2.59. The van der Waals surface area contributed by atoms with Crippen molar-refractivity contribution in [2.75, 3.05) is 11.1 Å². The summed E-state index contributed by atoms with van der Waals surface area (Å²) in [6.45, 7) is 0. The van der Waals surface area contributed by atoms with E-state index in [2.05, 4.69) is 15.3 Å². The van der Waals surface area contributed by atoms with Crippen molar-refractivity contribution in [2.24, 2.45) is 0 Å². The van der Waals surface area contributed by atoms with Gasteiger partial charge in [0.1, 0.15) is 5.82 Å². The average Bonchev–Trinajstić information content (AvgIpc) is 2.78. The first-order valence-electron chi connectivity index (χ1n) is 6.18. The Balaban J connectivity index is 1.90. The molecule has 2 aromatic heterocycles. The number of nitrogen functional groups attached to an aromatic ring is 1. The first kappa shape index (κ1) is 10.4. The molecular weight excluding hydrogens is 214 g/mol. The molecule has 2 aromatic rings. The van der Waals surface area contributed by atoms with Gasteiger partial charge in [-0.15, -0.1) is 0 Å².